The summed E-state index contributed by atoms with van der Waals surface area (Å²) in [4.78, 5) is 25.5. The molecule has 0 N–H and O–H groups in total. The number of halogens is 2. The number of Topliss-reactive ketones (excluding diaryl/α,β-unsaturated/α-hetero) is 1. The van der Waals surface area contributed by atoms with Gasteiger partial charge in [-0.05, 0) is 24.1 Å². The van der Waals surface area contributed by atoms with Crippen LogP contribution in [0.2, 0.25) is 10.0 Å². The van der Waals surface area contributed by atoms with E-state index in [4.69, 9.17) is 32.5 Å². The van der Waals surface area contributed by atoms with E-state index in [9.17, 15) is 9.59 Å². The average molecular weight is 415 g/mol. The van der Waals surface area contributed by atoms with E-state index in [1.807, 2.05) is 13.0 Å². The van der Waals surface area contributed by atoms with Gasteiger partial charge >= 0.3 is 5.97 Å². The molecule has 2 aromatic rings. The van der Waals surface area contributed by atoms with Crippen molar-refractivity contribution in [2.75, 3.05) is 6.61 Å². The average Bonchev–Trinajstić information content (AvgIpc) is 2.64. The largest absolute Gasteiger partial charge is 0.465 e. The molecule has 140 valence electrons. The van der Waals surface area contributed by atoms with Crippen LogP contribution >= 0.6 is 32.3 Å². The van der Waals surface area contributed by atoms with Crippen LogP contribution in [0.4, 0.5) is 0 Å². The summed E-state index contributed by atoms with van der Waals surface area (Å²) < 4.78 is 13.6. The van der Waals surface area contributed by atoms with Crippen molar-refractivity contribution in [2.24, 2.45) is 0 Å². The third kappa shape index (κ3) is 5.98. The van der Waals surface area contributed by atoms with Crippen molar-refractivity contribution in [2.45, 2.75) is 25.7 Å². The highest BCUT2D eigenvalue weighted by molar-refractivity contribution is 7.00. The number of carbonyl (C=O) groups excluding carboxylic acids is 2. The Hall–Kier alpha value is -1.61. The summed E-state index contributed by atoms with van der Waals surface area (Å²) in [5, 5.41) is 0.435. The van der Waals surface area contributed by atoms with Crippen LogP contribution in [0, 0.1) is 0 Å². The number of hydrogen-bond acceptors (Lipinski definition) is 4. The summed E-state index contributed by atoms with van der Waals surface area (Å²) in [7, 11) is 0.611. The van der Waals surface area contributed by atoms with Gasteiger partial charge in [-0.1, -0.05) is 72.9 Å². The molecule has 0 radical (unpaired) electrons. The molecule has 2 atom stereocenters. The molecule has 0 aliphatic carbocycles. The van der Waals surface area contributed by atoms with Crippen LogP contribution in [0.15, 0.2) is 48.5 Å². The Kier molecular flexibility index (Phi) is 10.3. The Bertz CT molecular complexity index is 717. The molecule has 7 heteroatoms. The first-order valence-electron chi connectivity index (χ1n) is 8.05. The number of ketones is 1. The van der Waals surface area contributed by atoms with E-state index in [-0.39, 0.29) is 22.2 Å². The minimum Gasteiger partial charge on any atom is -0.465 e. The predicted octanol–water partition coefficient (Wildman–Crippen LogP) is 5.24. The summed E-state index contributed by atoms with van der Waals surface area (Å²) in [5.74, 6) is -2.13. The van der Waals surface area contributed by atoms with Crippen molar-refractivity contribution in [1.82, 2.24) is 0 Å². The summed E-state index contributed by atoms with van der Waals surface area (Å²) in [6, 6.07) is 13.6. The molecule has 0 saturated heterocycles. The first-order chi connectivity index (χ1) is 12.6. The zero-order chi connectivity index (χ0) is 19.5. The van der Waals surface area contributed by atoms with Crippen molar-refractivity contribution in [1.29, 1.82) is 0 Å². The molecule has 2 unspecified atom stereocenters. The summed E-state index contributed by atoms with van der Waals surface area (Å²) >= 11 is 12.3. The Balaban J connectivity index is 0.00000163. The monoisotopic (exact) mass is 414 g/mol. The predicted molar refractivity (Wildman–Crippen MR) is 108 cm³/mol. The first kappa shape index (κ1) is 22.4. The van der Waals surface area contributed by atoms with Gasteiger partial charge < -0.3 is 9.30 Å². The maximum atomic E-state index is 13.0. The quantitative estimate of drug-likeness (QED) is 0.204. The molecule has 2 rings (SSSR count). The number of ether oxygens (including phenoxy) is 1. The minimum absolute atomic E-state index is 0.141. The van der Waals surface area contributed by atoms with E-state index < -0.39 is 17.7 Å². The number of carbonyl (C=O) groups is 2. The lowest BCUT2D eigenvalue weighted by atomic mass is 9.90. The van der Waals surface area contributed by atoms with Crippen molar-refractivity contribution in [3.63, 3.8) is 0 Å². The van der Waals surface area contributed by atoms with Crippen LogP contribution in [0.25, 0.3) is 0 Å². The molecular weight excluding hydrogens is 394 g/mol. The molecular formula is C19H21Cl2O4P. The Labute approximate surface area is 165 Å². The zero-order valence-electron chi connectivity index (χ0n) is 14.4. The molecule has 4 nitrogen and oxygen atoms in total. The van der Waals surface area contributed by atoms with E-state index in [0.717, 1.165) is 12.8 Å². The van der Waals surface area contributed by atoms with Gasteiger partial charge in [0.2, 0.25) is 0 Å². The minimum atomic E-state index is -1.08. The van der Waals surface area contributed by atoms with Crippen LogP contribution in [0.1, 0.15) is 41.6 Å². The van der Waals surface area contributed by atoms with Gasteiger partial charge in [0.25, 0.3) is 0 Å². The smallest absolute Gasteiger partial charge is 0.321 e. The maximum absolute atomic E-state index is 13.0. The molecule has 0 saturated carbocycles. The molecule has 26 heavy (non-hydrogen) atoms. The maximum Gasteiger partial charge on any atom is 0.321 e. The van der Waals surface area contributed by atoms with E-state index in [2.05, 4.69) is 0 Å². The number of esters is 1. The van der Waals surface area contributed by atoms with E-state index in [1.165, 1.54) is 0 Å². The number of hydrogen-bond donors (Lipinski definition) is 0. The number of rotatable bonds is 7. The number of unbranched alkanes of at least 4 members (excludes halogenated alkanes) is 1. The lowest BCUT2D eigenvalue weighted by molar-refractivity contribution is -0.144. The molecule has 0 aliphatic rings. The van der Waals surface area contributed by atoms with Crippen LogP contribution in [-0.4, -0.2) is 18.4 Å². The van der Waals surface area contributed by atoms with E-state index in [1.54, 1.807) is 42.5 Å². The number of benzene rings is 2. The lowest BCUT2D eigenvalue weighted by Gasteiger charge is -2.17. The van der Waals surface area contributed by atoms with Crippen molar-refractivity contribution < 1.29 is 18.9 Å². The van der Waals surface area contributed by atoms with Gasteiger partial charge in [0.15, 0.2) is 5.78 Å². The van der Waals surface area contributed by atoms with Crippen molar-refractivity contribution in [3.05, 3.63) is 69.7 Å². The molecule has 0 fully saturated rings. The van der Waals surface area contributed by atoms with Gasteiger partial charge in [-0.3, -0.25) is 9.59 Å². The van der Waals surface area contributed by atoms with Crippen molar-refractivity contribution in [3.8, 4) is 0 Å². The molecule has 2 aromatic carbocycles. The lowest BCUT2D eigenvalue weighted by Crippen LogP contribution is -2.25. The second-order valence-electron chi connectivity index (χ2n) is 5.33. The molecule has 0 aromatic heterocycles. The van der Waals surface area contributed by atoms with Crippen LogP contribution in [0.3, 0.4) is 0 Å². The molecule has 0 amide bonds. The second-order valence-corrected chi connectivity index (χ2v) is 6.14. The molecule has 0 bridgehead atoms. The third-order valence-corrected chi connectivity index (χ3v) is 4.21. The van der Waals surface area contributed by atoms with Gasteiger partial charge in [-0.15, -0.1) is 0 Å². The highest BCUT2D eigenvalue weighted by Gasteiger charge is 2.33. The fourth-order valence-electron chi connectivity index (χ4n) is 2.32. The Morgan fingerprint density at radius 2 is 1.58 bits per heavy atom. The van der Waals surface area contributed by atoms with E-state index >= 15 is 0 Å². The second kappa shape index (κ2) is 11.9. The van der Waals surface area contributed by atoms with Gasteiger partial charge in [0.1, 0.15) is 5.92 Å². The third-order valence-electron chi connectivity index (χ3n) is 3.58. The van der Waals surface area contributed by atoms with E-state index in [0.29, 0.717) is 14.7 Å². The van der Waals surface area contributed by atoms with Gasteiger partial charge in [0, 0.05) is 0 Å². The summed E-state index contributed by atoms with van der Waals surface area (Å²) in [6.45, 7) is 2.28. The highest BCUT2D eigenvalue weighted by Crippen LogP contribution is 2.31. The Morgan fingerprint density at radius 1 is 1.00 bits per heavy atom. The summed E-state index contributed by atoms with van der Waals surface area (Å²) in [5.41, 5.74) is 0.696. The topological polar surface area (TPSA) is 60.4 Å². The molecule has 0 heterocycles. The fraction of sp³-hybridized carbons (Fsp3) is 0.263. The zero-order valence-corrected chi connectivity index (χ0v) is 17.3. The first-order valence-corrected chi connectivity index (χ1v) is 9.38. The SMILES string of the molecule is CCCCOC(=O)C(C(=O)c1c(Cl)cccc1Cl)c1ccccc1.O=[PH3]. The van der Waals surface area contributed by atoms with Crippen LogP contribution in [-0.2, 0) is 14.1 Å². The molecule has 0 aliphatic heterocycles. The van der Waals surface area contributed by atoms with Gasteiger partial charge in [0.05, 0.1) is 31.3 Å². The summed E-state index contributed by atoms with van der Waals surface area (Å²) in [6.07, 6.45) is 1.64. The van der Waals surface area contributed by atoms with Gasteiger partial charge in [-0.2, -0.15) is 0 Å². The van der Waals surface area contributed by atoms with Crippen LogP contribution < -0.4 is 0 Å². The Morgan fingerprint density at radius 3 is 2.12 bits per heavy atom. The normalized spacial score (nSPS) is 11.2. The highest BCUT2D eigenvalue weighted by atomic mass is 35.5. The van der Waals surface area contributed by atoms with Crippen molar-refractivity contribution >= 4 is 44.1 Å². The van der Waals surface area contributed by atoms with Crippen LogP contribution in [0.5, 0.6) is 0 Å². The molecule has 0 spiro atoms. The van der Waals surface area contributed by atoms with Gasteiger partial charge in [-0.25, -0.2) is 0 Å². The fourth-order valence-corrected chi connectivity index (χ4v) is 2.90. The standard InChI is InChI=1S/C19H18Cl2O3.H3OP/c1-2-3-12-24-19(23)16(13-8-5-4-6-9-13)18(22)17-14(20)10-7-11-15(17)21;1-2/h4-11,16H,2-3,12H2,1H3;2H3.